The van der Waals surface area contributed by atoms with Crippen molar-refractivity contribution in [2.45, 2.75) is 32.2 Å². The summed E-state index contributed by atoms with van der Waals surface area (Å²) in [6.45, 7) is 5.97. The zero-order valence-electron chi connectivity index (χ0n) is 17.9. The van der Waals surface area contributed by atoms with Crippen LogP contribution in [0.5, 0.6) is 0 Å². The first kappa shape index (κ1) is 25.0. The number of benzene rings is 1. The SMILES string of the molecule is CC.COC(=O)c1sc(Nc2nc(NCc3ccc(S(N)(=O)=O)cc3)cc(=O)[nH]2)nc1C. The van der Waals surface area contributed by atoms with Crippen LogP contribution in [0.1, 0.15) is 34.8 Å². The maximum absolute atomic E-state index is 11.9. The van der Waals surface area contributed by atoms with E-state index in [9.17, 15) is 18.0 Å². The summed E-state index contributed by atoms with van der Waals surface area (Å²) in [7, 11) is -2.47. The molecule has 0 saturated carbocycles. The summed E-state index contributed by atoms with van der Waals surface area (Å²) >= 11 is 1.07. The molecular weight excluding hydrogens is 456 g/mol. The average Bonchev–Trinajstić information content (AvgIpc) is 3.12. The van der Waals surface area contributed by atoms with Crippen molar-refractivity contribution in [1.29, 1.82) is 0 Å². The number of nitrogens with zero attached hydrogens (tertiary/aromatic N) is 2. The van der Waals surface area contributed by atoms with Gasteiger partial charge in [-0.05, 0) is 24.6 Å². The molecule has 0 atom stereocenters. The van der Waals surface area contributed by atoms with Crippen molar-refractivity contribution in [1.82, 2.24) is 15.0 Å². The molecule has 0 aliphatic rings. The normalized spacial score (nSPS) is 10.7. The van der Waals surface area contributed by atoms with Crippen molar-refractivity contribution in [3.63, 3.8) is 0 Å². The smallest absolute Gasteiger partial charge is 0.350 e. The minimum atomic E-state index is -3.76. The van der Waals surface area contributed by atoms with Crippen LogP contribution in [0.25, 0.3) is 0 Å². The Labute approximate surface area is 189 Å². The first-order valence-corrected chi connectivity index (χ1v) is 11.8. The second-order valence-corrected chi connectivity index (χ2v) is 8.63. The number of thiazole rings is 1. The van der Waals surface area contributed by atoms with E-state index in [1.54, 1.807) is 19.1 Å². The molecule has 0 bridgehead atoms. The summed E-state index contributed by atoms with van der Waals surface area (Å²) in [4.78, 5) is 35.0. The molecule has 2 aromatic heterocycles. The van der Waals surface area contributed by atoms with Crippen LogP contribution in [-0.2, 0) is 21.3 Å². The molecule has 0 saturated heterocycles. The first-order chi connectivity index (χ1) is 15.2. The van der Waals surface area contributed by atoms with E-state index < -0.39 is 21.6 Å². The van der Waals surface area contributed by atoms with E-state index in [4.69, 9.17) is 9.88 Å². The lowest BCUT2D eigenvalue weighted by molar-refractivity contribution is 0.0605. The summed E-state index contributed by atoms with van der Waals surface area (Å²) < 4.78 is 27.3. The van der Waals surface area contributed by atoms with Crippen molar-refractivity contribution in [2.75, 3.05) is 17.7 Å². The molecule has 3 aromatic rings. The lowest BCUT2D eigenvalue weighted by Gasteiger charge is -2.08. The predicted octanol–water partition coefficient (Wildman–Crippen LogP) is 2.35. The number of hydrogen-bond acceptors (Lipinski definition) is 10. The number of rotatable bonds is 7. The fourth-order valence-electron chi connectivity index (χ4n) is 2.43. The zero-order valence-corrected chi connectivity index (χ0v) is 19.6. The van der Waals surface area contributed by atoms with Gasteiger partial charge in [0.25, 0.3) is 5.56 Å². The lowest BCUT2D eigenvalue weighted by atomic mass is 10.2. The Morgan fingerprint density at radius 3 is 2.47 bits per heavy atom. The number of aromatic nitrogens is 3. The minimum Gasteiger partial charge on any atom is -0.465 e. The predicted molar refractivity (Wildman–Crippen MR) is 123 cm³/mol. The third kappa shape index (κ3) is 6.60. The number of ether oxygens (including phenoxy) is 1. The number of H-pyrrole nitrogens is 1. The number of nitrogens with one attached hydrogen (secondary N) is 3. The lowest BCUT2D eigenvalue weighted by Crippen LogP contribution is -2.13. The Kier molecular flexibility index (Phi) is 8.46. The zero-order chi connectivity index (χ0) is 23.9. The highest BCUT2D eigenvalue weighted by Gasteiger charge is 2.16. The van der Waals surface area contributed by atoms with Crippen LogP contribution >= 0.6 is 11.3 Å². The van der Waals surface area contributed by atoms with Gasteiger partial charge in [-0.15, -0.1) is 0 Å². The molecule has 0 aliphatic carbocycles. The molecule has 32 heavy (non-hydrogen) atoms. The Hall–Kier alpha value is -3.29. The van der Waals surface area contributed by atoms with Crippen molar-refractivity contribution < 1.29 is 17.9 Å². The summed E-state index contributed by atoms with van der Waals surface area (Å²) in [6.07, 6.45) is 0. The average molecular weight is 481 g/mol. The van der Waals surface area contributed by atoms with Gasteiger partial charge in [0.2, 0.25) is 16.0 Å². The summed E-state index contributed by atoms with van der Waals surface area (Å²) in [5.74, 6) is -0.0682. The number of primary sulfonamides is 1. The fraction of sp³-hybridized carbons (Fsp3) is 0.263. The maximum atomic E-state index is 11.9. The molecule has 3 rings (SSSR count). The highest BCUT2D eigenvalue weighted by Crippen LogP contribution is 2.25. The number of anilines is 3. The number of aromatic amines is 1. The van der Waals surface area contributed by atoms with Crippen LogP contribution in [0.3, 0.4) is 0 Å². The number of hydrogen-bond donors (Lipinski definition) is 4. The molecule has 172 valence electrons. The van der Waals surface area contributed by atoms with Gasteiger partial charge in [-0.2, -0.15) is 4.98 Å². The van der Waals surface area contributed by atoms with Gasteiger partial charge < -0.3 is 15.4 Å². The number of esters is 1. The summed E-state index contributed by atoms with van der Waals surface area (Å²) in [6, 6.07) is 7.27. The van der Waals surface area contributed by atoms with Gasteiger partial charge in [0, 0.05) is 12.6 Å². The Morgan fingerprint density at radius 2 is 1.88 bits per heavy atom. The van der Waals surface area contributed by atoms with Gasteiger partial charge in [-0.1, -0.05) is 37.3 Å². The molecular formula is C19H24N6O5S2. The summed E-state index contributed by atoms with van der Waals surface area (Å²) in [5, 5.41) is 11.3. The van der Waals surface area contributed by atoms with Crippen LogP contribution in [0.4, 0.5) is 16.9 Å². The molecule has 1 aromatic carbocycles. The summed E-state index contributed by atoms with van der Waals surface area (Å²) in [5.41, 5.74) is 0.854. The van der Waals surface area contributed by atoms with Gasteiger partial charge in [0.05, 0.1) is 17.7 Å². The van der Waals surface area contributed by atoms with Gasteiger partial charge in [0.1, 0.15) is 10.7 Å². The van der Waals surface area contributed by atoms with E-state index in [-0.39, 0.29) is 10.8 Å². The molecule has 0 radical (unpaired) electrons. The van der Waals surface area contributed by atoms with E-state index in [0.29, 0.717) is 28.1 Å². The van der Waals surface area contributed by atoms with Gasteiger partial charge in [-0.3, -0.25) is 9.78 Å². The Morgan fingerprint density at radius 1 is 1.22 bits per heavy atom. The van der Waals surface area contributed by atoms with Crippen molar-refractivity contribution in [3.05, 3.63) is 56.8 Å². The van der Waals surface area contributed by atoms with E-state index in [1.807, 2.05) is 13.8 Å². The number of aryl methyl sites for hydroxylation is 1. The molecule has 11 nitrogen and oxygen atoms in total. The fourth-order valence-corrected chi connectivity index (χ4v) is 3.83. The van der Waals surface area contributed by atoms with E-state index in [1.165, 1.54) is 25.3 Å². The standard InChI is InChI=1S/C17H18N6O5S2.C2H6/c1-9-14(15(25)28-2)29-17(20-9)23-16-21-12(7-13(24)22-16)19-8-10-3-5-11(6-4-10)30(18,26)27;1-2/h3-7H,8H2,1-2H3,(H2,18,26,27)(H3,19,20,21,22,23,24);1-2H3. The number of carbonyl (C=O) groups excluding carboxylic acids is 1. The van der Waals surface area contributed by atoms with Crippen LogP contribution < -0.4 is 21.3 Å². The second kappa shape index (κ2) is 10.8. The third-order valence-corrected chi connectivity index (χ3v) is 5.84. The van der Waals surface area contributed by atoms with Gasteiger partial charge >= 0.3 is 5.97 Å². The maximum Gasteiger partial charge on any atom is 0.350 e. The molecule has 0 amide bonds. The number of methoxy groups -OCH3 is 1. The molecule has 0 spiro atoms. The van der Waals surface area contributed by atoms with Crippen molar-refractivity contribution in [2.24, 2.45) is 5.14 Å². The van der Waals surface area contributed by atoms with Gasteiger partial charge in [0.15, 0.2) is 5.13 Å². The molecule has 0 unspecified atom stereocenters. The molecule has 0 aliphatic heterocycles. The molecule has 13 heteroatoms. The number of carbonyl (C=O) groups is 1. The highest BCUT2D eigenvalue weighted by molar-refractivity contribution is 7.89. The third-order valence-electron chi connectivity index (χ3n) is 3.86. The largest absolute Gasteiger partial charge is 0.465 e. The van der Waals surface area contributed by atoms with Crippen LogP contribution in [0.15, 0.2) is 40.0 Å². The molecule has 5 N–H and O–H groups in total. The van der Waals surface area contributed by atoms with E-state index >= 15 is 0 Å². The number of nitrogens with two attached hydrogens (primary N) is 1. The van der Waals surface area contributed by atoms with Crippen LogP contribution in [0, 0.1) is 6.92 Å². The minimum absolute atomic E-state index is 0.0112. The Balaban J connectivity index is 0.00000176. The van der Waals surface area contributed by atoms with Crippen molar-refractivity contribution in [3.8, 4) is 0 Å². The van der Waals surface area contributed by atoms with Crippen LogP contribution in [0.2, 0.25) is 0 Å². The molecule has 2 heterocycles. The Bertz CT molecular complexity index is 1240. The second-order valence-electron chi connectivity index (χ2n) is 6.07. The highest BCUT2D eigenvalue weighted by atomic mass is 32.2. The van der Waals surface area contributed by atoms with Crippen LogP contribution in [-0.4, -0.2) is 36.4 Å². The first-order valence-electron chi connectivity index (χ1n) is 9.45. The van der Waals surface area contributed by atoms with Gasteiger partial charge in [-0.25, -0.2) is 23.3 Å². The molecule has 0 fully saturated rings. The van der Waals surface area contributed by atoms with E-state index in [2.05, 4.69) is 25.6 Å². The monoisotopic (exact) mass is 480 g/mol. The quantitative estimate of drug-likeness (QED) is 0.371. The number of sulfonamides is 1. The van der Waals surface area contributed by atoms with E-state index in [0.717, 1.165) is 16.9 Å². The topological polar surface area (TPSA) is 169 Å². The van der Waals surface area contributed by atoms with Crippen molar-refractivity contribution >= 4 is 44.2 Å².